The zero-order chi connectivity index (χ0) is 20.0. The minimum Gasteiger partial charge on any atom is -0.391 e. The number of hydrogen-bond acceptors (Lipinski definition) is 3. The van der Waals surface area contributed by atoms with Crippen molar-refractivity contribution in [3.05, 3.63) is 59.7 Å². The number of nitrogens with one attached hydrogen (secondary N) is 1. The fourth-order valence-corrected chi connectivity index (χ4v) is 2.31. The molecule has 5 nitrogen and oxygen atoms in total. The molecule has 0 aliphatic carbocycles. The number of aliphatic hydroxyl groups excluding tert-OH is 1. The molecule has 0 radical (unpaired) electrons. The smallest absolute Gasteiger partial charge is 0.391 e. The van der Waals surface area contributed by atoms with Crippen LogP contribution in [0.25, 0.3) is 0 Å². The highest BCUT2D eigenvalue weighted by Crippen LogP contribution is 2.32. The van der Waals surface area contributed by atoms with Gasteiger partial charge in [-0.3, -0.25) is 4.90 Å². The van der Waals surface area contributed by atoms with Crippen molar-refractivity contribution in [3.63, 3.8) is 0 Å². The lowest BCUT2D eigenvalue weighted by molar-refractivity contribution is -0.137. The highest BCUT2D eigenvalue weighted by molar-refractivity contribution is 6.01. The Balaban J connectivity index is 2.30. The van der Waals surface area contributed by atoms with Gasteiger partial charge in [-0.15, -0.1) is 0 Å². The van der Waals surface area contributed by atoms with Crippen LogP contribution in [0.15, 0.2) is 48.5 Å². The Hall–Kier alpha value is -3.05. The highest BCUT2D eigenvalue weighted by atomic mass is 19.4. The molecular formula is C19H18F3N3O2. The number of urea groups is 1. The summed E-state index contributed by atoms with van der Waals surface area (Å²) >= 11 is 0. The van der Waals surface area contributed by atoms with E-state index in [9.17, 15) is 23.1 Å². The molecule has 0 bridgehead atoms. The summed E-state index contributed by atoms with van der Waals surface area (Å²) in [6.07, 6.45) is -5.11. The molecule has 0 heterocycles. The molecule has 0 aliphatic rings. The average molecular weight is 377 g/mol. The van der Waals surface area contributed by atoms with E-state index in [1.807, 2.05) is 6.07 Å². The van der Waals surface area contributed by atoms with Crippen LogP contribution in [-0.4, -0.2) is 23.8 Å². The largest absolute Gasteiger partial charge is 0.416 e. The molecule has 0 aromatic heterocycles. The Morgan fingerprint density at radius 1 is 1.26 bits per heavy atom. The second-order valence-corrected chi connectivity index (χ2v) is 5.84. The summed E-state index contributed by atoms with van der Waals surface area (Å²) in [5.74, 6) is 0. The fourth-order valence-electron chi connectivity index (χ4n) is 2.31. The number of amides is 2. The van der Waals surface area contributed by atoms with E-state index in [1.54, 1.807) is 6.92 Å². The molecule has 2 N–H and O–H groups in total. The standard InChI is InChI=1S/C19H18F3N3O2/c1-2-17(26)12-25(16-5-3-4-14(10-16)19(20,21)22)18(27)24-15-8-6-13(11-23)7-9-15/h3-10,17,26H,2,12H2,1H3,(H,24,27). The van der Waals surface area contributed by atoms with Crippen molar-refractivity contribution < 1.29 is 23.1 Å². The van der Waals surface area contributed by atoms with E-state index in [-0.39, 0.29) is 12.2 Å². The van der Waals surface area contributed by atoms with Gasteiger partial charge < -0.3 is 10.4 Å². The normalized spacial score (nSPS) is 12.1. The van der Waals surface area contributed by atoms with E-state index in [2.05, 4.69) is 5.32 Å². The van der Waals surface area contributed by atoms with E-state index in [0.29, 0.717) is 17.7 Å². The maximum absolute atomic E-state index is 13.0. The van der Waals surface area contributed by atoms with Gasteiger partial charge in [0.25, 0.3) is 0 Å². The number of nitriles is 1. The highest BCUT2D eigenvalue weighted by Gasteiger charge is 2.31. The Labute approximate surface area is 154 Å². The third kappa shape index (κ3) is 5.46. The van der Waals surface area contributed by atoms with Crippen LogP contribution in [0.3, 0.4) is 0 Å². The number of halogens is 3. The van der Waals surface area contributed by atoms with Crippen LogP contribution in [0.5, 0.6) is 0 Å². The van der Waals surface area contributed by atoms with Crippen LogP contribution >= 0.6 is 0 Å². The van der Waals surface area contributed by atoms with E-state index in [0.717, 1.165) is 17.0 Å². The molecule has 27 heavy (non-hydrogen) atoms. The maximum Gasteiger partial charge on any atom is 0.416 e. The molecule has 2 aromatic carbocycles. The summed E-state index contributed by atoms with van der Waals surface area (Å²) in [6.45, 7) is 1.54. The lowest BCUT2D eigenvalue weighted by atomic mass is 10.1. The predicted octanol–water partition coefficient (Wildman–Crippen LogP) is 4.39. The quantitative estimate of drug-likeness (QED) is 0.812. The second kappa shape index (κ2) is 8.56. The van der Waals surface area contributed by atoms with Gasteiger partial charge in [-0.05, 0) is 48.9 Å². The summed E-state index contributed by atoms with van der Waals surface area (Å²) in [4.78, 5) is 13.7. The van der Waals surface area contributed by atoms with Gasteiger partial charge in [0.1, 0.15) is 0 Å². The van der Waals surface area contributed by atoms with Crippen LogP contribution in [-0.2, 0) is 6.18 Å². The van der Waals surface area contributed by atoms with Crippen molar-refractivity contribution in [2.75, 3.05) is 16.8 Å². The van der Waals surface area contributed by atoms with Gasteiger partial charge in [-0.1, -0.05) is 13.0 Å². The number of alkyl halides is 3. The first-order chi connectivity index (χ1) is 12.7. The van der Waals surface area contributed by atoms with Crippen molar-refractivity contribution in [1.29, 1.82) is 5.26 Å². The Bertz CT molecular complexity index is 829. The van der Waals surface area contributed by atoms with E-state index >= 15 is 0 Å². The van der Waals surface area contributed by atoms with Crippen molar-refractivity contribution in [2.24, 2.45) is 0 Å². The van der Waals surface area contributed by atoms with Crippen LogP contribution in [0.2, 0.25) is 0 Å². The van der Waals surface area contributed by atoms with E-state index in [4.69, 9.17) is 5.26 Å². The van der Waals surface area contributed by atoms with Crippen molar-refractivity contribution in [2.45, 2.75) is 25.6 Å². The molecule has 0 saturated heterocycles. The zero-order valence-corrected chi connectivity index (χ0v) is 14.5. The Morgan fingerprint density at radius 2 is 1.93 bits per heavy atom. The SMILES string of the molecule is CCC(O)CN(C(=O)Nc1ccc(C#N)cc1)c1cccc(C(F)(F)F)c1. The molecule has 0 fully saturated rings. The molecule has 0 spiro atoms. The number of rotatable bonds is 5. The van der Waals surface area contributed by atoms with Crippen LogP contribution < -0.4 is 10.2 Å². The van der Waals surface area contributed by atoms with E-state index in [1.165, 1.54) is 36.4 Å². The first kappa shape index (κ1) is 20.3. The Kier molecular flexibility index (Phi) is 6.42. The molecule has 2 aromatic rings. The molecule has 1 atom stereocenters. The molecule has 0 saturated carbocycles. The van der Waals surface area contributed by atoms with Gasteiger partial charge >= 0.3 is 12.2 Å². The first-order valence-corrected chi connectivity index (χ1v) is 8.18. The molecule has 2 rings (SSSR count). The lowest BCUT2D eigenvalue weighted by Crippen LogP contribution is -2.40. The third-order valence-corrected chi connectivity index (χ3v) is 3.86. The molecule has 8 heteroatoms. The summed E-state index contributed by atoms with van der Waals surface area (Å²) in [5.41, 5.74) is -0.0864. The van der Waals surface area contributed by atoms with Gasteiger partial charge in [0.2, 0.25) is 0 Å². The van der Waals surface area contributed by atoms with E-state index < -0.39 is 23.9 Å². The minimum atomic E-state index is -4.55. The minimum absolute atomic E-state index is 0.0171. The van der Waals surface area contributed by atoms with Crippen molar-refractivity contribution >= 4 is 17.4 Å². The maximum atomic E-state index is 13.0. The topological polar surface area (TPSA) is 76.4 Å². The second-order valence-electron chi connectivity index (χ2n) is 5.84. The number of hydrogen-bond donors (Lipinski definition) is 2. The van der Waals surface area contributed by atoms with Crippen LogP contribution in [0, 0.1) is 11.3 Å². The number of benzene rings is 2. The first-order valence-electron chi connectivity index (χ1n) is 8.18. The zero-order valence-electron chi connectivity index (χ0n) is 14.5. The summed E-state index contributed by atoms with van der Waals surface area (Å²) in [7, 11) is 0. The number of nitrogens with zero attached hydrogens (tertiary/aromatic N) is 2. The lowest BCUT2D eigenvalue weighted by Gasteiger charge is -2.26. The molecule has 1 unspecified atom stereocenters. The molecule has 142 valence electrons. The summed E-state index contributed by atoms with van der Waals surface area (Å²) in [6, 6.07) is 11.6. The van der Waals surface area contributed by atoms with Gasteiger partial charge in [0, 0.05) is 11.4 Å². The average Bonchev–Trinajstić information content (AvgIpc) is 2.65. The summed E-state index contributed by atoms with van der Waals surface area (Å²) < 4.78 is 39.0. The number of anilines is 2. The Morgan fingerprint density at radius 3 is 2.48 bits per heavy atom. The molecule has 0 aliphatic heterocycles. The third-order valence-electron chi connectivity index (χ3n) is 3.86. The summed E-state index contributed by atoms with van der Waals surface area (Å²) in [5, 5.41) is 21.3. The van der Waals surface area contributed by atoms with Gasteiger partial charge in [-0.25, -0.2) is 4.79 Å². The number of carbonyl (C=O) groups excluding carboxylic acids is 1. The van der Waals surface area contributed by atoms with Gasteiger partial charge in [0.05, 0.1) is 29.8 Å². The fraction of sp³-hybridized carbons (Fsp3) is 0.263. The monoisotopic (exact) mass is 377 g/mol. The number of carbonyl (C=O) groups is 1. The van der Waals surface area contributed by atoms with Crippen LogP contribution in [0.1, 0.15) is 24.5 Å². The van der Waals surface area contributed by atoms with Crippen molar-refractivity contribution in [1.82, 2.24) is 0 Å². The van der Waals surface area contributed by atoms with Crippen molar-refractivity contribution in [3.8, 4) is 6.07 Å². The molecular weight excluding hydrogens is 359 g/mol. The van der Waals surface area contributed by atoms with Gasteiger partial charge in [0.15, 0.2) is 0 Å². The van der Waals surface area contributed by atoms with Gasteiger partial charge in [-0.2, -0.15) is 18.4 Å². The molecule has 2 amide bonds. The van der Waals surface area contributed by atoms with Crippen LogP contribution in [0.4, 0.5) is 29.3 Å². The number of aliphatic hydroxyl groups is 1. The predicted molar refractivity (Wildman–Crippen MR) is 95.3 cm³/mol.